The number of hydrogen-bond acceptors (Lipinski definition) is 6. The highest BCUT2D eigenvalue weighted by Gasteiger charge is 2.28. The fourth-order valence-electron chi connectivity index (χ4n) is 5.16. The van der Waals surface area contributed by atoms with Crippen LogP contribution in [0, 0.1) is 0 Å². The van der Waals surface area contributed by atoms with Crippen molar-refractivity contribution in [1.82, 2.24) is 25.0 Å². The second kappa shape index (κ2) is 9.54. The SMILES string of the molecule is O=C(c1cc(Cc2n[nH]c(=O)c3ccccc23)cc2c1OCC2)N1CCN(Cc2cccnc2)CC1. The fraction of sp³-hybridized carbons (Fsp3) is 0.286. The number of H-pyrrole nitrogens is 1. The molecular formula is C28H27N5O3. The van der Waals surface area contributed by atoms with Gasteiger partial charge in [-0.1, -0.05) is 30.3 Å². The molecule has 8 nitrogen and oxygen atoms in total. The molecule has 0 radical (unpaired) electrons. The zero-order valence-electron chi connectivity index (χ0n) is 19.9. The summed E-state index contributed by atoms with van der Waals surface area (Å²) in [7, 11) is 0. The maximum atomic E-state index is 13.6. The van der Waals surface area contributed by atoms with E-state index in [4.69, 9.17) is 4.74 Å². The summed E-state index contributed by atoms with van der Waals surface area (Å²) in [4.78, 5) is 34.3. The summed E-state index contributed by atoms with van der Waals surface area (Å²) in [5.41, 5.74) is 4.43. The molecule has 0 unspecified atom stereocenters. The summed E-state index contributed by atoms with van der Waals surface area (Å²) in [5.74, 6) is 0.719. The number of amides is 1. The molecule has 0 bridgehead atoms. The lowest BCUT2D eigenvalue weighted by Gasteiger charge is -2.35. The first-order valence-electron chi connectivity index (χ1n) is 12.3. The molecule has 1 fully saturated rings. The summed E-state index contributed by atoms with van der Waals surface area (Å²) in [6.45, 7) is 4.39. The van der Waals surface area contributed by atoms with Gasteiger partial charge in [-0.05, 0) is 34.9 Å². The van der Waals surface area contributed by atoms with Crippen molar-refractivity contribution >= 4 is 16.7 Å². The summed E-state index contributed by atoms with van der Waals surface area (Å²) in [6.07, 6.45) is 4.97. The third-order valence-electron chi connectivity index (χ3n) is 7.01. The number of carbonyl (C=O) groups is 1. The van der Waals surface area contributed by atoms with Crippen molar-refractivity contribution in [3.63, 3.8) is 0 Å². The minimum atomic E-state index is -0.199. The van der Waals surface area contributed by atoms with E-state index in [9.17, 15) is 9.59 Å². The minimum Gasteiger partial charge on any atom is -0.492 e. The predicted octanol–water partition coefficient (Wildman–Crippen LogP) is 2.80. The van der Waals surface area contributed by atoms with Gasteiger partial charge in [0, 0.05) is 63.3 Å². The molecule has 1 amide bonds. The molecule has 0 spiro atoms. The molecule has 1 saturated heterocycles. The quantitative estimate of drug-likeness (QED) is 0.471. The predicted molar refractivity (Wildman–Crippen MR) is 136 cm³/mol. The van der Waals surface area contributed by atoms with E-state index in [0.717, 1.165) is 48.3 Å². The van der Waals surface area contributed by atoms with Gasteiger partial charge in [-0.15, -0.1) is 0 Å². The number of aromatic nitrogens is 3. The summed E-state index contributed by atoms with van der Waals surface area (Å²) < 4.78 is 5.90. The zero-order valence-corrected chi connectivity index (χ0v) is 19.9. The molecule has 182 valence electrons. The Morgan fingerprint density at radius 1 is 1.00 bits per heavy atom. The minimum absolute atomic E-state index is 0.00955. The first kappa shape index (κ1) is 22.4. The van der Waals surface area contributed by atoms with Gasteiger partial charge in [0.2, 0.25) is 0 Å². The molecule has 1 N–H and O–H groups in total. The van der Waals surface area contributed by atoms with E-state index >= 15 is 0 Å². The van der Waals surface area contributed by atoms with Crippen LogP contribution in [-0.4, -0.2) is 63.7 Å². The van der Waals surface area contributed by atoms with Crippen LogP contribution in [0.15, 0.2) is 65.7 Å². The van der Waals surface area contributed by atoms with Crippen molar-refractivity contribution < 1.29 is 9.53 Å². The number of fused-ring (bicyclic) bond motifs is 2. The van der Waals surface area contributed by atoms with Gasteiger partial charge in [-0.25, -0.2) is 5.10 Å². The van der Waals surface area contributed by atoms with E-state index in [1.807, 2.05) is 41.4 Å². The van der Waals surface area contributed by atoms with Crippen molar-refractivity contribution in [2.24, 2.45) is 0 Å². The third-order valence-corrected chi connectivity index (χ3v) is 7.01. The summed E-state index contributed by atoms with van der Waals surface area (Å²) in [5, 5.41) is 8.39. The second-order valence-corrected chi connectivity index (χ2v) is 9.38. The van der Waals surface area contributed by atoms with Crippen LogP contribution in [0.1, 0.15) is 32.7 Å². The topological polar surface area (TPSA) is 91.4 Å². The lowest BCUT2D eigenvalue weighted by Crippen LogP contribution is -2.48. The van der Waals surface area contributed by atoms with Crippen LogP contribution >= 0.6 is 0 Å². The number of nitrogens with zero attached hydrogens (tertiary/aromatic N) is 4. The Morgan fingerprint density at radius 3 is 2.64 bits per heavy atom. The normalized spacial score (nSPS) is 15.6. The fourth-order valence-corrected chi connectivity index (χ4v) is 5.16. The Bertz CT molecular complexity index is 1480. The van der Waals surface area contributed by atoms with Gasteiger partial charge in [0.25, 0.3) is 11.5 Å². The van der Waals surface area contributed by atoms with Crippen molar-refractivity contribution in [1.29, 1.82) is 0 Å². The summed E-state index contributed by atoms with van der Waals surface area (Å²) >= 11 is 0. The van der Waals surface area contributed by atoms with Crippen molar-refractivity contribution in [3.8, 4) is 5.75 Å². The smallest absolute Gasteiger partial charge is 0.272 e. The maximum absolute atomic E-state index is 13.6. The van der Waals surface area contributed by atoms with Crippen molar-refractivity contribution in [2.45, 2.75) is 19.4 Å². The number of nitrogens with one attached hydrogen (secondary N) is 1. The second-order valence-electron chi connectivity index (χ2n) is 9.38. The monoisotopic (exact) mass is 481 g/mol. The van der Waals surface area contributed by atoms with E-state index in [1.165, 1.54) is 5.56 Å². The first-order valence-corrected chi connectivity index (χ1v) is 12.3. The molecule has 2 aliphatic rings. The number of ether oxygens (including phenoxy) is 1. The summed E-state index contributed by atoms with van der Waals surface area (Å²) in [6, 6.07) is 15.6. The molecule has 8 heteroatoms. The van der Waals surface area contributed by atoms with Crippen LogP contribution in [0.3, 0.4) is 0 Å². The average molecular weight is 482 g/mol. The van der Waals surface area contributed by atoms with Crippen LogP contribution in [0.4, 0.5) is 0 Å². The Morgan fingerprint density at radius 2 is 1.83 bits per heavy atom. The van der Waals surface area contributed by atoms with E-state index in [0.29, 0.717) is 42.8 Å². The number of pyridine rings is 1. The lowest BCUT2D eigenvalue weighted by atomic mass is 9.98. The number of piperazine rings is 1. The van der Waals surface area contributed by atoms with E-state index in [-0.39, 0.29) is 11.5 Å². The Kier molecular flexibility index (Phi) is 5.95. The first-order chi connectivity index (χ1) is 17.7. The number of aromatic amines is 1. The highest BCUT2D eigenvalue weighted by Crippen LogP contribution is 2.33. The van der Waals surface area contributed by atoms with Gasteiger partial charge in [0.1, 0.15) is 5.75 Å². The van der Waals surface area contributed by atoms with Crippen LogP contribution in [-0.2, 0) is 19.4 Å². The van der Waals surface area contributed by atoms with Crippen LogP contribution < -0.4 is 10.3 Å². The van der Waals surface area contributed by atoms with E-state index in [2.05, 4.69) is 32.2 Å². The Labute approximate surface area is 208 Å². The lowest BCUT2D eigenvalue weighted by molar-refractivity contribution is 0.0625. The molecule has 0 saturated carbocycles. The highest BCUT2D eigenvalue weighted by atomic mass is 16.5. The largest absolute Gasteiger partial charge is 0.492 e. The average Bonchev–Trinajstić information content (AvgIpc) is 3.39. The molecule has 0 aliphatic carbocycles. The molecule has 36 heavy (non-hydrogen) atoms. The number of rotatable bonds is 5. The number of hydrogen-bond donors (Lipinski definition) is 1. The van der Waals surface area contributed by atoms with Crippen molar-refractivity contribution in [2.75, 3.05) is 32.8 Å². The van der Waals surface area contributed by atoms with E-state index in [1.54, 1.807) is 12.3 Å². The molecule has 6 rings (SSSR count). The Hall–Kier alpha value is -4.04. The molecule has 4 aromatic rings. The molecule has 0 atom stereocenters. The highest BCUT2D eigenvalue weighted by molar-refractivity contribution is 5.98. The number of benzene rings is 2. The number of carbonyl (C=O) groups excluding carboxylic acids is 1. The zero-order chi connectivity index (χ0) is 24.5. The Balaban J connectivity index is 1.23. The van der Waals surface area contributed by atoms with E-state index < -0.39 is 0 Å². The van der Waals surface area contributed by atoms with Crippen LogP contribution in [0.5, 0.6) is 5.75 Å². The van der Waals surface area contributed by atoms with Gasteiger partial charge in [0.15, 0.2) is 0 Å². The molecular weight excluding hydrogens is 454 g/mol. The molecule has 2 aromatic heterocycles. The van der Waals surface area contributed by atoms with Gasteiger partial charge in [-0.3, -0.25) is 19.5 Å². The van der Waals surface area contributed by atoms with Gasteiger partial charge < -0.3 is 9.64 Å². The third kappa shape index (κ3) is 4.35. The van der Waals surface area contributed by atoms with Gasteiger partial charge in [0.05, 0.1) is 23.3 Å². The van der Waals surface area contributed by atoms with Gasteiger partial charge in [-0.2, -0.15) is 5.10 Å². The molecule has 2 aliphatic heterocycles. The molecule has 4 heterocycles. The molecule has 2 aromatic carbocycles. The maximum Gasteiger partial charge on any atom is 0.272 e. The van der Waals surface area contributed by atoms with Crippen LogP contribution in [0.25, 0.3) is 10.8 Å². The van der Waals surface area contributed by atoms with Gasteiger partial charge >= 0.3 is 0 Å². The standard InChI is InChI=1S/C28H27N5O3/c34-27-23-6-2-1-5-22(23)25(30-31-27)16-20-14-21-7-13-36-26(21)24(15-20)28(35)33-11-9-32(10-12-33)18-19-4-3-8-29-17-19/h1-6,8,14-15,17H,7,9-13,16,18H2,(H,31,34). The van der Waals surface area contributed by atoms with Crippen molar-refractivity contribution in [3.05, 3.63) is 99.2 Å². The van der Waals surface area contributed by atoms with Crippen LogP contribution in [0.2, 0.25) is 0 Å².